The molecule has 1 unspecified atom stereocenters. The van der Waals surface area contributed by atoms with Crippen LogP contribution in [-0.4, -0.2) is 60.4 Å². The number of piperidine rings is 1. The third-order valence-electron chi connectivity index (χ3n) is 4.15. The van der Waals surface area contributed by atoms with E-state index in [-0.39, 0.29) is 18.1 Å². The summed E-state index contributed by atoms with van der Waals surface area (Å²) in [6, 6.07) is 0.545. The molecular weight excluding hydrogens is 232 g/mol. The normalized spacial score (nSPS) is 27.4. The van der Waals surface area contributed by atoms with Crippen LogP contribution in [-0.2, 0) is 9.53 Å². The molecule has 5 heteroatoms. The van der Waals surface area contributed by atoms with E-state index in [4.69, 9.17) is 9.84 Å². The number of aliphatic hydroxyl groups is 1. The van der Waals surface area contributed by atoms with Crippen molar-refractivity contribution in [2.45, 2.75) is 44.2 Å². The van der Waals surface area contributed by atoms with Crippen molar-refractivity contribution in [1.29, 1.82) is 0 Å². The third kappa shape index (κ3) is 3.02. The maximum Gasteiger partial charge on any atom is 0.248 e. The first-order chi connectivity index (χ1) is 8.69. The summed E-state index contributed by atoms with van der Waals surface area (Å²) in [7, 11) is 0. The lowest BCUT2D eigenvalue weighted by atomic mass is 9.82. The number of hydrogen-bond donors (Lipinski definition) is 2. The van der Waals surface area contributed by atoms with E-state index < -0.39 is 0 Å². The number of amides is 1. The highest BCUT2D eigenvalue weighted by atomic mass is 16.5. The molecule has 0 saturated carbocycles. The minimum atomic E-state index is -0.381. The van der Waals surface area contributed by atoms with Crippen molar-refractivity contribution in [2.75, 3.05) is 32.8 Å². The Kier molecular flexibility index (Phi) is 4.59. The van der Waals surface area contributed by atoms with Gasteiger partial charge in [-0.25, -0.2) is 0 Å². The minimum Gasteiger partial charge on any atom is -0.387 e. The van der Waals surface area contributed by atoms with Gasteiger partial charge in [0.2, 0.25) is 5.91 Å². The first-order valence-electron chi connectivity index (χ1n) is 6.95. The molecule has 2 N–H and O–H groups in total. The van der Waals surface area contributed by atoms with Crippen LogP contribution in [0.3, 0.4) is 0 Å². The summed E-state index contributed by atoms with van der Waals surface area (Å²) < 4.78 is 6.00. The molecule has 2 fully saturated rings. The van der Waals surface area contributed by atoms with E-state index in [1.807, 2.05) is 0 Å². The van der Waals surface area contributed by atoms with Crippen LogP contribution in [0.2, 0.25) is 0 Å². The predicted octanol–water partition coefficient (Wildman–Crippen LogP) is 0.128. The first-order valence-corrected chi connectivity index (χ1v) is 6.95. The summed E-state index contributed by atoms with van der Waals surface area (Å²) in [4.78, 5) is 13.2. The molecule has 5 nitrogen and oxygen atoms in total. The number of hydrogen-bond acceptors (Lipinski definition) is 4. The largest absolute Gasteiger partial charge is 0.387 e. The zero-order valence-electron chi connectivity index (χ0n) is 11.2. The summed E-state index contributed by atoms with van der Waals surface area (Å²) in [6.45, 7) is 4.97. The number of rotatable bonds is 3. The van der Waals surface area contributed by atoms with Crippen LogP contribution in [0.1, 0.15) is 32.6 Å². The zero-order valence-corrected chi connectivity index (χ0v) is 11.2. The topological polar surface area (TPSA) is 61.8 Å². The molecule has 2 rings (SSSR count). The maximum absolute atomic E-state index is 11.4. The molecule has 1 spiro atoms. The standard InChI is InChI=1S/C13H24N2O3/c1-2-14-11-3-8-18-13(9-11)4-6-15(7-5-13)12(17)10-16/h11,14,16H,2-10H2,1H3. The Morgan fingerprint density at radius 2 is 2.22 bits per heavy atom. The van der Waals surface area contributed by atoms with Crippen molar-refractivity contribution in [2.24, 2.45) is 0 Å². The summed E-state index contributed by atoms with van der Waals surface area (Å²) in [5, 5.41) is 12.4. The second kappa shape index (κ2) is 5.99. The number of aliphatic hydroxyl groups excluding tert-OH is 1. The van der Waals surface area contributed by atoms with Crippen LogP contribution < -0.4 is 5.32 Å². The van der Waals surface area contributed by atoms with E-state index in [1.165, 1.54) is 0 Å². The quantitative estimate of drug-likeness (QED) is 0.753. The molecule has 2 heterocycles. The van der Waals surface area contributed by atoms with Gasteiger partial charge in [-0.15, -0.1) is 0 Å². The monoisotopic (exact) mass is 256 g/mol. The molecule has 1 amide bonds. The van der Waals surface area contributed by atoms with Gasteiger partial charge in [-0.3, -0.25) is 4.79 Å². The molecule has 2 saturated heterocycles. The first kappa shape index (κ1) is 13.8. The van der Waals surface area contributed by atoms with Crippen molar-refractivity contribution < 1.29 is 14.6 Å². The van der Waals surface area contributed by atoms with Gasteiger partial charge in [0, 0.05) is 25.7 Å². The van der Waals surface area contributed by atoms with E-state index in [0.29, 0.717) is 19.1 Å². The number of carbonyl (C=O) groups is 1. The van der Waals surface area contributed by atoms with Crippen molar-refractivity contribution in [3.63, 3.8) is 0 Å². The van der Waals surface area contributed by atoms with Crippen LogP contribution in [0.15, 0.2) is 0 Å². The van der Waals surface area contributed by atoms with E-state index in [2.05, 4.69) is 12.2 Å². The van der Waals surface area contributed by atoms with Gasteiger partial charge < -0.3 is 20.1 Å². The summed E-state index contributed by atoms with van der Waals surface area (Å²) in [6.07, 6.45) is 3.90. The van der Waals surface area contributed by atoms with Gasteiger partial charge in [0.15, 0.2) is 0 Å². The van der Waals surface area contributed by atoms with Crippen LogP contribution >= 0.6 is 0 Å². The van der Waals surface area contributed by atoms with Crippen LogP contribution in [0.5, 0.6) is 0 Å². The number of nitrogens with zero attached hydrogens (tertiary/aromatic N) is 1. The summed E-state index contributed by atoms with van der Waals surface area (Å²) >= 11 is 0. The van der Waals surface area contributed by atoms with Crippen LogP contribution in [0, 0.1) is 0 Å². The Labute approximate surface area is 108 Å². The van der Waals surface area contributed by atoms with E-state index in [0.717, 1.165) is 38.8 Å². The molecule has 0 aromatic rings. The van der Waals surface area contributed by atoms with Gasteiger partial charge in [-0.1, -0.05) is 6.92 Å². The summed E-state index contributed by atoms with van der Waals surface area (Å²) in [5.74, 6) is -0.163. The average Bonchev–Trinajstić information content (AvgIpc) is 2.39. The number of ether oxygens (including phenoxy) is 1. The van der Waals surface area contributed by atoms with Gasteiger partial charge in [-0.2, -0.15) is 0 Å². The fraction of sp³-hybridized carbons (Fsp3) is 0.923. The zero-order chi connectivity index (χ0) is 13.0. The second-order valence-corrected chi connectivity index (χ2v) is 5.32. The molecule has 0 aromatic carbocycles. The Morgan fingerprint density at radius 3 is 2.83 bits per heavy atom. The molecule has 104 valence electrons. The Morgan fingerprint density at radius 1 is 1.50 bits per heavy atom. The molecule has 0 radical (unpaired) electrons. The third-order valence-corrected chi connectivity index (χ3v) is 4.15. The van der Waals surface area contributed by atoms with Crippen molar-refractivity contribution in [3.8, 4) is 0 Å². The molecule has 18 heavy (non-hydrogen) atoms. The molecular formula is C13H24N2O3. The summed E-state index contributed by atoms with van der Waals surface area (Å²) in [5.41, 5.74) is -0.0443. The highest BCUT2D eigenvalue weighted by Gasteiger charge is 2.40. The van der Waals surface area contributed by atoms with Gasteiger partial charge in [0.25, 0.3) is 0 Å². The van der Waals surface area contributed by atoms with Crippen molar-refractivity contribution in [3.05, 3.63) is 0 Å². The van der Waals surface area contributed by atoms with Gasteiger partial charge in [-0.05, 0) is 32.2 Å². The number of carbonyl (C=O) groups excluding carboxylic acids is 1. The Bertz CT molecular complexity index is 286. The highest BCUT2D eigenvalue weighted by Crippen LogP contribution is 2.34. The second-order valence-electron chi connectivity index (χ2n) is 5.32. The van der Waals surface area contributed by atoms with Gasteiger partial charge in [0.05, 0.1) is 5.60 Å². The number of likely N-dealkylation sites (tertiary alicyclic amines) is 1. The lowest BCUT2D eigenvalue weighted by Gasteiger charge is -2.46. The SMILES string of the molecule is CCNC1CCOC2(CCN(C(=O)CO)CC2)C1. The fourth-order valence-corrected chi connectivity index (χ4v) is 3.10. The van der Waals surface area contributed by atoms with Gasteiger partial charge in [0.1, 0.15) is 6.61 Å². The predicted molar refractivity (Wildman–Crippen MR) is 68.3 cm³/mol. The lowest BCUT2D eigenvalue weighted by molar-refractivity contribution is -0.147. The average molecular weight is 256 g/mol. The van der Waals surface area contributed by atoms with Crippen molar-refractivity contribution >= 4 is 5.91 Å². The smallest absolute Gasteiger partial charge is 0.248 e. The Balaban J connectivity index is 1.88. The van der Waals surface area contributed by atoms with Crippen LogP contribution in [0.4, 0.5) is 0 Å². The maximum atomic E-state index is 11.4. The minimum absolute atomic E-state index is 0.0443. The van der Waals surface area contributed by atoms with Gasteiger partial charge >= 0.3 is 0 Å². The lowest BCUT2D eigenvalue weighted by Crippen LogP contribution is -2.54. The van der Waals surface area contributed by atoms with E-state index >= 15 is 0 Å². The fourth-order valence-electron chi connectivity index (χ4n) is 3.10. The molecule has 2 aliphatic rings. The molecule has 2 aliphatic heterocycles. The molecule has 0 aliphatic carbocycles. The van der Waals surface area contributed by atoms with E-state index in [1.54, 1.807) is 4.90 Å². The molecule has 1 atom stereocenters. The van der Waals surface area contributed by atoms with Crippen molar-refractivity contribution in [1.82, 2.24) is 10.2 Å². The Hall–Kier alpha value is -0.650. The van der Waals surface area contributed by atoms with E-state index in [9.17, 15) is 4.79 Å². The number of nitrogens with one attached hydrogen (secondary N) is 1. The molecule has 0 aromatic heterocycles. The van der Waals surface area contributed by atoms with Crippen LogP contribution in [0.25, 0.3) is 0 Å². The highest BCUT2D eigenvalue weighted by molar-refractivity contribution is 5.77. The molecule has 0 bridgehead atoms.